The van der Waals surface area contributed by atoms with Gasteiger partial charge in [0.25, 0.3) is 5.56 Å². The summed E-state index contributed by atoms with van der Waals surface area (Å²) in [5, 5.41) is 5.29. The standard InChI is InChI=1S/C11H18N4O2/c1-4-6-11(2,3)15-10(17)14-9-12-7-5-8(16)13-9/h5,7H,4,6H2,1-3H3,(H3,12,13,14,15,16,17). The van der Waals surface area contributed by atoms with Crippen molar-refractivity contribution in [2.24, 2.45) is 0 Å². The number of rotatable bonds is 4. The van der Waals surface area contributed by atoms with Gasteiger partial charge in [0, 0.05) is 17.8 Å². The lowest BCUT2D eigenvalue weighted by molar-refractivity contribution is 0.239. The van der Waals surface area contributed by atoms with Crippen LogP contribution in [0.5, 0.6) is 0 Å². The first-order valence-corrected chi connectivity index (χ1v) is 5.57. The third-order valence-corrected chi connectivity index (χ3v) is 2.23. The molecule has 1 aromatic rings. The average molecular weight is 238 g/mol. The fraction of sp³-hybridized carbons (Fsp3) is 0.545. The number of carbonyl (C=O) groups excluding carboxylic acids is 1. The summed E-state index contributed by atoms with van der Waals surface area (Å²) >= 11 is 0. The Morgan fingerprint density at radius 2 is 2.24 bits per heavy atom. The number of anilines is 1. The first-order chi connectivity index (χ1) is 7.93. The zero-order chi connectivity index (χ0) is 12.9. The number of amides is 2. The largest absolute Gasteiger partial charge is 0.333 e. The molecule has 94 valence electrons. The SMILES string of the molecule is CCCC(C)(C)NC(=O)Nc1nccc(=O)[nH]1. The summed E-state index contributed by atoms with van der Waals surface area (Å²) in [4.78, 5) is 28.9. The Balaban J connectivity index is 2.58. The van der Waals surface area contributed by atoms with Gasteiger partial charge in [0.05, 0.1) is 0 Å². The van der Waals surface area contributed by atoms with E-state index in [-0.39, 0.29) is 23.1 Å². The highest BCUT2D eigenvalue weighted by molar-refractivity contribution is 5.87. The van der Waals surface area contributed by atoms with Crippen LogP contribution in [0.15, 0.2) is 17.1 Å². The van der Waals surface area contributed by atoms with E-state index in [1.165, 1.54) is 12.3 Å². The monoisotopic (exact) mass is 238 g/mol. The van der Waals surface area contributed by atoms with Crippen LogP contribution < -0.4 is 16.2 Å². The number of aromatic amines is 1. The van der Waals surface area contributed by atoms with Gasteiger partial charge >= 0.3 is 6.03 Å². The van der Waals surface area contributed by atoms with Crippen molar-refractivity contribution in [2.45, 2.75) is 39.2 Å². The first-order valence-electron chi connectivity index (χ1n) is 5.57. The Morgan fingerprint density at radius 1 is 1.53 bits per heavy atom. The second kappa shape index (κ2) is 5.47. The topological polar surface area (TPSA) is 86.9 Å². The predicted molar refractivity (Wildman–Crippen MR) is 66.0 cm³/mol. The van der Waals surface area contributed by atoms with Crippen molar-refractivity contribution < 1.29 is 4.79 Å². The van der Waals surface area contributed by atoms with Gasteiger partial charge in [-0.2, -0.15) is 0 Å². The zero-order valence-electron chi connectivity index (χ0n) is 10.3. The van der Waals surface area contributed by atoms with Crippen LogP contribution in [-0.2, 0) is 0 Å². The Hall–Kier alpha value is -1.85. The number of hydrogen-bond acceptors (Lipinski definition) is 3. The highest BCUT2D eigenvalue weighted by Gasteiger charge is 2.19. The molecule has 0 aromatic carbocycles. The minimum Gasteiger partial charge on any atom is -0.333 e. The molecule has 17 heavy (non-hydrogen) atoms. The van der Waals surface area contributed by atoms with Crippen LogP contribution in [-0.4, -0.2) is 21.5 Å². The van der Waals surface area contributed by atoms with Gasteiger partial charge in [-0.15, -0.1) is 0 Å². The number of nitrogens with zero attached hydrogens (tertiary/aromatic N) is 1. The highest BCUT2D eigenvalue weighted by Crippen LogP contribution is 2.10. The molecule has 0 radical (unpaired) electrons. The van der Waals surface area contributed by atoms with E-state index >= 15 is 0 Å². The van der Waals surface area contributed by atoms with Crippen molar-refractivity contribution in [3.63, 3.8) is 0 Å². The van der Waals surface area contributed by atoms with Crippen LogP contribution in [0.2, 0.25) is 0 Å². The van der Waals surface area contributed by atoms with E-state index in [1.54, 1.807) is 0 Å². The molecule has 0 bridgehead atoms. The molecule has 0 spiro atoms. The van der Waals surface area contributed by atoms with E-state index < -0.39 is 0 Å². The highest BCUT2D eigenvalue weighted by atomic mass is 16.2. The summed E-state index contributed by atoms with van der Waals surface area (Å²) in [6.07, 6.45) is 3.19. The van der Waals surface area contributed by atoms with Gasteiger partial charge in [-0.1, -0.05) is 13.3 Å². The van der Waals surface area contributed by atoms with Gasteiger partial charge in [-0.3, -0.25) is 15.1 Å². The number of hydrogen-bond donors (Lipinski definition) is 3. The molecule has 0 fully saturated rings. The molecule has 2 amide bonds. The van der Waals surface area contributed by atoms with E-state index in [2.05, 4.69) is 27.5 Å². The molecule has 0 aliphatic rings. The zero-order valence-corrected chi connectivity index (χ0v) is 10.3. The van der Waals surface area contributed by atoms with Gasteiger partial charge in [-0.25, -0.2) is 9.78 Å². The summed E-state index contributed by atoms with van der Waals surface area (Å²) < 4.78 is 0. The first kappa shape index (κ1) is 13.2. The lowest BCUT2D eigenvalue weighted by Crippen LogP contribution is -2.45. The summed E-state index contributed by atoms with van der Waals surface area (Å²) in [7, 11) is 0. The number of urea groups is 1. The van der Waals surface area contributed by atoms with Crippen LogP contribution in [0.25, 0.3) is 0 Å². The Labute approximate surface area is 99.8 Å². The van der Waals surface area contributed by atoms with Gasteiger partial charge in [0.1, 0.15) is 0 Å². The second-order valence-corrected chi connectivity index (χ2v) is 4.50. The molecule has 0 aliphatic heterocycles. The maximum absolute atomic E-state index is 11.6. The second-order valence-electron chi connectivity index (χ2n) is 4.50. The molecule has 0 saturated carbocycles. The van der Waals surface area contributed by atoms with Gasteiger partial charge in [-0.05, 0) is 20.3 Å². The Morgan fingerprint density at radius 3 is 2.82 bits per heavy atom. The fourth-order valence-corrected chi connectivity index (χ4v) is 1.57. The van der Waals surface area contributed by atoms with E-state index in [9.17, 15) is 9.59 Å². The molecule has 1 heterocycles. The van der Waals surface area contributed by atoms with E-state index in [0.717, 1.165) is 12.8 Å². The Bertz CT molecular complexity index is 439. The van der Waals surface area contributed by atoms with Crippen LogP contribution >= 0.6 is 0 Å². The van der Waals surface area contributed by atoms with Crippen molar-refractivity contribution in [2.75, 3.05) is 5.32 Å². The van der Waals surface area contributed by atoms with Crippen LogP contribution in [0.4, 0.5) is 10.7 Å². The summed E-state index contributed by atoms with van der Waals surface area (Å²) in [5.41, 5.74) is -0.586. The smallest absolute Gasteiger partial charge is 0.321 e. The molecule has 3 N–H and O–H groups in total. The van der Waals surface area contributed by atoms with Crippen LogP contribution in [0.3, 0.4) is 0 Å². The minimum absolute atomic E-state index is 0.141. The summed E-state index contributed by atoms with van der Waals surface area (Å²) in [6.45, 7) is 5.94. The molecule has 1 rings (SSSR count). The molecular formula is C11H18N4O2. The molecule has 0 unspecified atom stereocenters. The Kier molecular flexibility index (Phi) is 4.25. The van der Waals surface area contributed by atoms with Gasteiger partial charge in [0.15, 0.2) is 0 Å². The molecule has 6 heteroatoms. The lowest BCUT2D eigenvalue weighted by Gasteiger charge is -2.25. The van der Waals surface area contributed by atoms with Crippen molar-refractivity contribution in [3.05, 3.63) is 22.6 Å². The van der Waals surface area contributed by atoms with Crippen molar-refractivity contribution in [1.82, 2.24) is 15.3 Å². The van der Waals surface area contributed by atoms with Crippen molar-refractivity contribution in [3.8, 4) is 0 Å². The van der Waals surface area contributed by atoms with Crippen LogP contribution in [0, 0.1) is 0 Å². The third-order valence-electron chi connectivity index (χ3n) is 2.23. The maximum atomic E-state index is 11.6. The predicted octanol–water partition coefficient (Wildman–Crippen LogP) is 1.47. The third kappa shape index (κ3) is 4.67. The van der Waals surface area contributed by atoms with Crippen molar-refractivity contribution >= 4 is 12.0 Å². The molecule has 6 nitrogen and oxygen atoms in total. The van der Waals surface area contributed by atoms with Gasteiger partial charge < -0.3 is 5.32 Å². The molecular weight excluding hydrogens is 220 g/mol. The number of nitrogens with one attached hydrogen (secondary N) is 3. The number of H-pyrrole nitrogens is 1. The van der Waals surface area contributed by atoms with Crippen LogP contribution in [0.1, 0.15) is 33.6 Å². The normalized spacial score (nSPS) is 11.0. The lowest BCUT2D eigenvalue weighted by atomic mass is 9.99. The average Bonchev–Trinajstić information content (AvgIpc) is 2.15. The van der Waals surface area contributed by atoms with E-state index in [0.29, 0.717) is 0 Å². The fourth-order valence-electron chi connectivity index (χ4n) is 1.57. The number of aromatic nitrogens is 2. The van der Waals surface area contributed by atoms with E-state index in [1.807, 2.05) is 13.8 Å². The molecule has 1 aromatic heterocycles. The maximum Gasteiger partial charge on any atom is 0.321 e. The van der Waals surface area contributed by atoms with E-state index in [4.69, 9.17) is 0 Å². The molecule has 0 aliphatic carbocycles. The molecule has 0 atom stereocenters. The molecule has 0 saturated heterocycles. The summed E-state index contributed by atoms with van der Waals surface area (Å²) in [6, 6.07) is 0.905. The van der Waals surface area contributed by atoms with Gasteiger partial charge in [0.2, 0.25) is 5.95 Å². The minimum atomic E-state index is -0.377. The van der Waals surface area contributed by atoms with Crippen molar-refractivity contribution in [1.29, 1.82) is 0 Å². The quantitative estimate of drug-likeness (QED) is 0.742. The summed E-state index contributed by atoms with van der Waals surface area (Å²) in [5.74, 6) is 0.141. The number of carbonyl (C=O) groups is 1.